The highest BCUT2D eigenvalue weighted by atomic mass is 19.4. The molecule has 0 aromatic carbocycles. The van der Waals surface area contributed by atoms with Gasteiger partial charge in [-0.3, -0.25) is 4.74 Å². The molecule has 0 amide bonds. The molecule has 0 rings (SSSR count). The van der Waals surface area contributed by atoms with E-state index in [9.17, 15) is 13.2 Å². The fourth-order valence-electron chi connectivity index (χ4n) is 0.790. The molecule has 0 atom stereocenters. The van der Waals surface area contributed by atoms with Crippen LogP contribution in [-0.2, 0) is 4.74 Å². The van der Waals surface area contributed by atoms with E-state index in [1.807, 2.05) is 0 Å². The summed E-state index contributed by atoms with van der Waals surface area (Å²) in [7, 11) is 1.73. The predicted octanol–water partition coefficient (Wildman–Crippen LogP) is 0.803. The van der Waals surface area contributed by atoms with Crippen molar-refractivity contribution in [1.82, 2.24) is 4.90 Å². The van der Waals surface area contributed by atoms with Crippen molar-refractivity contribution >= 4 is 0 Å². The molecule has 0 aliphatic heterocycles. The Bertz CT molecular complexity index is 129. The van der Waals surface area contributed by atoms with E-state index in [2.05, 4.69) is 4.74 Å². The van der Waals surface area contributed by atoms with Crippen molar-refractivity contribution in [1.29, 1.82) is 0 Å². The summed E-state index contributed by atoms with van der Waals surface area (Å²) in [6.07, 6.45) is -3.74. The molecule has 2 N–H and O–H groups in total. The third-order valence-corrected chi connectivity index (χ3v) is 1.48. The van der Waals surface area contributed by atoms with Gasteiger partial charge in [-0.15, -0.1) is 13.2 Å². The van der Waals surface area contributed by atoms with Gasteiger partial charge in [-0.2, -0.15) is 0 Å². The molecule has 0 heterocycles. The van der Waals surface area contributed by atoms with Gasteiger partial charge >= 0.3 is 6.36 Å². The van der Waals surface area contributed by atoms with Crippen molar-refractivity contribution < 1.29 is 17.9 Å². The summed E-state index contributed by atoms with van der Waals surface area (Å²) >= 11 is 0. The smallest absolute Gasteiger partial charge is 0.330 e. The molecule has 0 spiro atoms. The summed E-state index contributed by atoms with van der Waals surface area (Å²) in [5.74, 6) is 0. The Morgan fingerprint density at radius 1 is 1.31 bits per heavy atom. The van der Waals surface area contributed by atoms with Gasteiger partial charge in [0.15, 0.2) is 0 Å². The quantitative estimate of drug-likeness (QED) is 0.689. The van der Waals surface area contributed by atoms with Crippen LogP contribution >= 0.6 is 0 Å². The van der Waals surface area contributed by atoms with Crippen LogP contribution in [0.1, 0.15) is 6.42 Å². The average molecular weight is 200 g/mol. The second kappa shape index (κ2) is 6.17. The summed E-state index contributed by atoms with van der Waals surface area (Å²) in [4.78, 5) is 1.75. The van der Waals surface area contributed by atoms with E-state index in [1.54, 1.807) is 11.9 Å². The van der Waals surface area contributed by atoms with Gasteiger partial charge < -0.3 is 10.6 Å². The molecule has 0 fully saturated rings. The van der Waals surface area contributed by atoms with Crippen molar-refractivity contribution in [2.75, 3.05) is 33.3 Å². The summed E-state index contributed by atoms with van der Waals surface area (Å²) in [6, 6.07) is 0. The second-order valence-electron chi connectivity index (χ2n) is 2.74. The molecule has 0 radical (unpaired) electrons. The Morgan fingerprint density at radius 2 is 1.92 bits per heavy atom. The third kappa shape index (κ3) is 9.59. The first-order valence-corrected chi connectivity index (χ1v) is 4.05. The minimum Gasteiger partial charge on any atom is -0.330 e. The molecule has 3 nitrogen and oxygen atoms in total. The van der Waals surface area contributed by atoms with Gasteiger partial charge in [-0.1, -0.05) is 0 Å². The lowest BCUT2D eigenvalue weighted by Crippen LogP contribution is -2.28. The number of hydrogen-bond acceptors (Lipinski definition) is 3. The number of halogens is 3. The molecule has 0 unspecified atom stereocenters. The molecule has 0 bridgehead atoms. The van der Waals surface area contributed by atoms with Crippen LogP contribution in [0.5, 0.6) is 0 Å². The predicted molar refractivity (Wildman–Crippen MR) is 43.2 cm³/mol. The number of rotatable bonds is 6. The largest absolute Gasteiger partial charge is 0.522 e. The molecule has 0 aromatic heterocycles. The molecular formula is C7H15F3N2O. The first kappa shape index (κ1) is 12.7. The van der Waals surface area contributed by atoms with Crippen LogP contribution in [0.2, 0.25) is 0 Å². The number of nitrogens with two attached hydrogens (primary N) is 1. The van der Waals surface area contributed by atoms with Crippen molar-refractivity contribution in [3.63, 3.8) is 0 Å². The van der Waals surface area contributed by atoms with Gasteiger partial charge in [-0.25, -0.2) is 0 Å². The van der Waals surface area contributed by atoms with Crippen LogP contribution in [0.3, 0.4) is 0 Å². The van der Waals surface area contributed by atoms with E-state index in [0.717, 1.165) is 6.42 Å². The lowest BCUT2D eigenvalue weighted by molar-refractivity contribution is -0.324. The van der Waals surface area contributed by atoms with Crippen molar-refractivity contribution in [3.8, 4) is 0 Å². The maximum absolute atomic E-state index is 11.5. The molecule has 0 saturated carbocycles. The summed E-state index contributed by atoms with van der Waals surface area (Å²) in [6.45, 7) is 1.17. The summed E-state index contributed by atoms with van der Waals surface area (Å²) in [5.41, 5.74) is 5.24. The van der Waals surface area contributed by atoms with E-state index in [-0.39, 0.29) is 13.2 Å². The molecular weight excluding hydrogens is 185 g/mol. The number of likely N-dealkylation sites (N-methyl/N-ethyl adjacent to an activating group) is 1. The summed E-state index contributed by atoms with van der Waals surface area (Å²) < 4.78 is 38.1. The first-order chi connectivity index (χ1) is 5.95. The van der Waals surface area contributed by atoms with Crippen molar-refractivity contribution in [2.45, 2.75) is 12.8 Å². The third-order valence-electron chi connectivity index (χ3n) is 1.48. The normalized spacial score (nSPS) is 12.5. The Morgan fingerprint density at radius 3 is 2.38 bits per heavy atom. The SMILES string of the molecule is CN(CCCN)CCOC(F)(F)F. The van der Waals surface area contributed by atoms with E-state index in [4.69, 9.17) is 5.73 Å². The standard InChI is InChI=1S/C7H15F3N2O/c1-12(4-2-3-11)5-6-13-7(8,9)10/h2-6,11H2,1H3. The minimum atomic E-state index is -4.52. The number of hydrogen-bond donors (Lipinski definition) is 1. The molecule has 6 heteroatoms. The fraction of sp³-hybridized carbons (Fsp3) is 1.00. The van der Waals surface area contributed by atoms with Crippen LogP contribution in [0.15, 0.2) is 0 Å². The van der Waals surface area contributed by atoms with E-state index >= 15 is 0 Å². The van der Waals surface area contributed by atoms with Gasteiger partial charge in [0.25, 0.3) is 0 Å². The Hall–Kier alpha value is -0.330. The molecule has 0 saturated heterocycles. The van der Waals surface area contributed by atoms with Crippen LogP contribution in [-0.4, -0.2) is 44.6 Å². The van der Waals surface area contributed by atoms with Crippen LogP contribution < -0.4 is 5.73 Å². The number of nitrogens with zero attached hydrogens (tertiary/aromatic N) is 1. The van der Waals surface area contributed by atoms with Gasteiger partial charge in [0, 0.05) is 6.54 Å². The zero-order chi connectivity index (χ0) is 10.3. The molecule has 0 aliphatic carbocycles. The van der Waals surface area contributed by atoms with Crippen LogP contribution in [0, 0.1) is 0 Å². The maximum Gasteiger partial charge on any atom is 0.522 e. The van der Waals surface area contributed by atoms with Gasteiger partial charge in [-0.05, 0) is 26.6 Å². The topological polar surface area (TPSA) is 38.5 Å². The molecule has 0 aromatic rings. The van der Waals surface area contributed by atoms with Crippen molar-refractivity contribution in [2.24, 2.45) is 5.73 Å². The van der Waals surface area contributed by atoms with Crippen molar-refractivity contribution in [3.05, 3.63) is 0 Å². The highest BCUT2D eigenvalue weighted by Gasteiger charge is 2.28. The number of ether oxygens (including phenoxy) is 1. The Kier molecular flexibility index (Phi) is 6.02. The van der Waals surface area contributed by atoms with Crippen LogP contribution in [0.25, 0.3) is 0 Å². The van der Waals surface area contributed by atoms with E-state index in [0.29, 0.717) is 13.1 Å². The molecule has 0 aliphatic rings. The lowest BCUT2D eigenvalue weighted by Gasteiger charge is -2.16. The van der Waals surface area contributed by atoms with Crippen LogP contribution in [0.4, 0.5) is 13.2 Å². The Balaban J connectivity index is 3.31. The lowest BCUT2D eigenvalue weighted by atomic mass is 10.4. The number of alkyl halides is 3. The first-order valence-electron chi connectivity index (χ1n) is 4.05. The second-order valence-corrected chi connectivity index (χ2v) is 2.74. The minimum absolute atomic E-state index is 0.263. The zero-order valence-electron chi connectivity index (χ0n) is 7.60. The average Bonchev–Trinajstić information content (AvgIpc) is 1.98. The van der Waals surface area contributed by atoms with Gasteiger partial charge in [0.2, 0.25) is 0 Å². The Labute approximate surface area is 75.6 Å². The van der Waals surface area contributed by atoms with E-state index in [1.165, 1.54) is 0 Å². The monoisotopic (exact) mass is 200 g/mol. The highest BCUT2D eigenvalue weighted by molar-refractivity contribution is 4.51. The maximum atomic E-state index is 11.5. The van der Waals surface area contributed by atoms with E-state index < -0.39 is 6.36 Å². The molecule has 80 valence electrons. The zero-order valence-corrected chi connectivity index (χ0v) is 7.60. The highest BCUT2D eigenvalue weighted by Crippen LogP contribution is 2.15. The fourth-order valence-corrected chi connectivity index (χ4v) is 0.790. The molecule has 13 heavy (non-hydrogen) atoms. The van der Waals surface area contributed by atoms with Gasteiger partial charge in [0.05, 0.1) is 6.61 Å². The van der Waals surface area contributed by atoms with Gasteiger partial charge in [0.1, 0.15) is 0 Å². The summed E-state index contributed by atoms with van der Waals surface area (Å²) in [5, 5.41) is 0.